The molecule has 29 heavy (non-hydrogen) atoms. The molecule has 0 bridgehead atoms. The molecule has 0 aliphatic carbocycles. The molecule has 0 aliphatic rings. The topological polar surface area (TPSA) is 91.4 Å². The Labute approximate surface area is 165 Å². The van der Waals surface area contributed by atoms with Crippen LogP contribution < -0.4 is 0 Å². The van der Waals surface area contributed by atoms with Crippen molar-refractivity contribution in [3.8, 4) is 5.69 Å². The van der Waals surface area contributed by atoms with Gasteiger partial charge in [0.2, 0.25) is 5.78 Å². The van der Waals surface area contributed by atoms with Crippen LogP contribution in [0.5, 0.6) is 0 Å². The van der Waals surface area contributed by atoms with Crippen LogP contribution in [0.1, 0.15) is 32.1 Å². The second-order valence-corrected chi connectivity index (χ2v) is 6.40. The van der Waals surface area contributed by atoms with Crippen molar-refractivity contribution < 1.29 is 23.6 Å². The molecule has 0 N–H and O–H groups in total. The molecule has 1 heterocycles. The van der Waals surface area contributed by atoms with E-state index in [-0.39, 0.29) is 17.1 Å². The smallest absolute Gasteiger partial charge is 0.338 e. The summed E-state index contributed by atoms with van der Waals surface area (Å²) in [7, 11) is 0. The van der Waals surface area contributed by atoms with E-state index in [1.807, 2.05) is 6.92 Å². The average Bonchev–Trinajstić information content (AvgIpc) is 3.01. The van der Waals surface area contributed by atoms with Crippen molar-refractivity contribution in [2.75, 3.05) is 6.61 Å². The summed E-state index contributed by atoms with van der Waals surface area (Å²) in [4.78, 5) is 34.9. The second kappa shape index (κ2) is 8.05. The Morgan fingerprint density at radius 2 is 1.79 bits per heavy atom. The molecular weight excluding hydrogens is 379 g/mol. The molecule has 2 aromatic carbocycles. The van der Waals surface area contributed by atoms with Crippen LogP contribution in [0.15, 0.2) is 54.6 Å². The minimum atomic E-state index is -0.825. The molecule has 8 heteroatoms. The number of hydrogen-bond donors (Lipinski definition) is 0. The van der Waals surface area contributed by atoms with Gasteiger partial charge in [-0.25, -0.2) is 9.18 Å². The molecular formula is C21H17FN2O5. The van der Waals surface area contributed by atoms with Gasteiger partial charge in [0.25, 0.3) is 5.69 Å². The van der Waals surface area contributed by atoms with Crippen LogP contribution in [0.3, 0.4) is 0 Å². The zero-order valence-electron chi connectivity index (χ0n) is 15.7. The highest BCUT2D eigenvalue weighted by Crippen LogP contribution is 2.22. The van der Waals surface area contributed by atoms with Gasteiger partial charge in [0.1, 0.15) is 5.82 Å². The first-order valence-corrected chi connectivity index (χ1v) is 8.67. The number of halogens is 1. The molecule has 3 aromatic rings. The summed E-state index contributed by atoms with van der Waals surface area (Å²) in [5.41, 5.74) is 2.22. The number of ketones is 1. The quantitative estimate of drug-likeness (QED) is 0.270. The Hall–Kier alpha value is -3.81. The number of ether oxygens (including phenoxy) is 1. The van der Waals surface area contributed by atoms with Crippen LogP contribution in [0.25, 0.3) is 5.69 Å². The van der Waals surface area contributed by atoms with Gasteiger partial charge >= 0.3 is 5.97 Å². The number of aryl methyl sites for hydroxylation is 1. The maximum absolute atomic E-state index is 13.2. The summed E-state index contributed by atoms with van der Waals surface area (Å²) in [6.45, 7) is 3.05. The lowest BCUT2D eigenvalue weighted by Crippen LogP contribution is -2.15. The van der Waals surface area contributed by atoms with Gasteiger partial charge in [-0.3, -0.25) is 14.9 Å². The van der Waals surface area contributed by atoms with Crippen molar-refractivity contribution in [2.24, 2.45) is 0 Å². The number of aromatic nitrogens is 1. The number of carbonyl (C=O) groups is 2. The Morgan fingerprint density at radius 1 is 1.10 bits per heavy atom. The number of hydrogen-bond acceptors (Lipinski definition) is 5. The SMILES string of the molecule is Cc1cc(C(=O)COC(=O)c2cccc([N+](=O)[O-])c2)c(C)n1-c1ccc(F)cc1. The predicted octanol–water partition coefficient (Wildman–Crippen LogP) is 4.18. The average molecular weight is 396 g/mol. The first-order chi connectivity index (χ1) is 13.8. The predicted molar refractivity (Wildman–Crippen MR) is 103 cm³/mol. The Balaban J connectivity index is 1.75. The number of benzene rings is 2. The van der Waals surface area contributed by atoms with Gasteiger partial charge in [0.15, 0.2) is 6.61 Å². The minimum Gasteiger partial charge on any atom is -0.454 e. The summed E-state index contributed by atoms with van der Waals surface area (Å²) in [6, 6.07) is 12.6. The zero-order valence-corrected chi connectivity index (χ0v) is 15.7. The summed E-state index contributed by atoms with van der Waals surface area (Å²) < 4.78 is 20.0. The Kier molecular flexibility index (Phi) is 5.54. The third-order valence-electron chi connectivity index (χ3n) is 4.44. The molecule has 3 rings (SSSR count). The maximum Gasteiger partial charge on any atom is 0.338 e. The maximum atomic E-state index is 13.2. The van der Waals surface area contributed by atoms with E-state index >= 15 is 0 Å². The largest absolute Gasteiger partial charge is 0.454 e. The molecule has 0 saturated carbocycles. The van der Waals surface area contributed by atoms with Crippen LogP contribution in [-0.2, 0) is 4.74 Å². The molecule has 0 amide bonds. The summed E-state index contributed by atoms with van der Waals surface area (Å²) >= 11 is 0. The minimum absolute atomic E-state index is 0.0104. The Morgan fingerprint density at radius 3 is 2.45 bits per heavy atom. The van der Waals surface area contributed by atoms with Gasteiger partial charge in [-0.15, -0.1) is 0 Å². The third-order valence-corrected chi connectivity index (χ3v) is 4.44. The lowest BCUT2D eigenvalue weighted by Gasteiger charge is -2.10. The molecule has 1 aromatic heterocycles. The van der Waals surface area contributed by atoms with Crippen LogP contribution in [0.4, 0.5) is 10.1 Å². The highest BCUT2D eigenvalue weighted by molar-refractivity contribution is 6.00. The normalized spacial score (nSPS) is 10.6. The summed E-state index contributed by atoms with van der Waals surface area (Å²) in [6.07, 6.45) is 0. The number of Topliss-reactive ketones (excluding diaryl/α,β-unsaturated/α-hetero) is 1. The van der Waals surface area contributed by atoms with Crippen molar-refractivity contribution in [1.29, 1.82) is 0 Å². The fourth-order valence-electron chi connectivity index (χ4n) is 3.07. The molecule has 0 unspecified atom stereocenters. The van der Waals surface area contributed by atoms with Gasteiger partial charge in [0.05, 0.1) is 10.5 Å². The van der Waals surface area contributed by atoms with Crippen molar-refractivity contribution >= 4 is 17.4 Å². The van der Waals surface area contributed by atoms with E-state index in [9.17, 15) is 24.1 Å². The molecule has 7 nitrogen and oxygen atoms in total. The number of nitrogens with zero attached hydrogens (tertiary/aromatic N) is 2. The van der Waals surface area contributed by atoms with Crippen LogP contribution in [0, 0.1) is 29.8 Å². The third kappa shape index (κ3) is 4.21. The molecule has 148 valence electrons. The van der Waals surface area contributed by atoms with Crippen molar-refractivity contribution in [2.45, 2.75) is 13.8 Å². The second-order valence-electron chi connectivity index (χ2n) is 6.40. The molecule has 0 saturated heterocycles. The highest BCUT2D eigenvalue weighted by Gasteiger charge is 2.19. The zero-order chi connectivity index (χ0) is 21.1. The van der Waals surface area contributed by atoms with E-state index in [1.165, 1.54) is 30.3 Å². The summed E-state index contributed by atoms with van der Waals surface area (Å²) in [5, 5.41) is 10.8. The van der Waals surface area contributed by atoms with Gasteiger partial charge < -0.3 is 9.30 Å². The molecule has 0 spiro atoms. The van der Waals surface area contributed by atoms with Gasteiger partial charge in [-0.05, 0) is 50.2 Å². The number of nitro groups is 1. The number of carbonyl (C=O) groups excluding carboxylic acids is 2. The number of esters is 1. The fraction of sp³-hybridized carbons (Fsp3) is 0.143. The van der Waals surface area contributed by atoms with E-state index in [0.29, 0.717) is 16.9 Å². The highest BCUT2D eigenvalue weighted by atomic mass is 19.1. The van der Waals surface area contributed by atoms with E-state index in [1.54, 1.807) is 29.7 Å². The molecule has 0 fully saturated rings. The van der Waals surface area contributed by atoms with Crippen molar-refractivity contribution in [3.63, 3.8) is 0 Å². The first kappa shape index (κ1) is 19.9. The first-order valence-electron chi connectivity index (χ1n) is 8.67. The Bertz CT molecular complexity index is 1100. The van der Waals surface area contributed by atoms with Crippen molar-refractivity contribution in [3.05, 3.63) is 93.0 Å². The lowest BCUT2D eigenvalue weighted by molar-refractivity contribution is -0.384. The van der Waals surface area contributed by atoms with E-state index in [2.05, 4.69) is 0 Å². The van der Waals surface area contributed by atoms with Gasteiger partial charge in [-0.2, -0.15) is 0 Å². The number of rotatable bonds is 6. The fourth-order valence-corrected chi connectivity index (χ4v) is 3.07. The number of nitro benzene ring substituents is 1. The number of non-ortho nitro benzene ring substituents is 1. The van der Waals surface area contributed by atoms with E-state index in [4.69, 9.17) is 4.74 Å². The van der Waals surface area contributed by atoms with E-state index in [0.717, 1.165) is 11.8 Å². The van der Waals surface area contributed by atoms with E-state index < -0.39 is 23.3 Å². The molecule has 0 radical (unpaired) electrons. The molecule has 0 aliphatic heterocycles. The monoisotopic (exact) mass is 396 g/mol. The van der Waals surface area contributed by atoms with Gasteiger partial charge in [0, 0.05) is 34.8 Å². The van der Waals surface area contributed by atoms with Gasteiger partial charge in [-0.1, -0.05) is 6.07 Å². The van der Waals surface area contributed by atoms with Crippen LogP contribution in [-0.4, -0.2) is 27.8 Å². The molecule has 0 atom stereocenters. The summed E-state index contributed by atoms with van der Waals surface area (Å²) in [5.74, 6) is -1.60. The van der Waals surface area contributed by atoms with Crippen LogP contribution >= 0.6 is 0 Å². The van der Waals surface area contributed by atoms with Crippen molar-refractivity contribution in [1.82, 2.24) is 4.57 Å². The van der Waals surface area contributed by atoms with Crippen LogP contribution in [0.2, 0.25) is 0 Å². The lowest BCUT2D eigenvalue weighted by atomic mass is 10.1. The standard InChI is InChI=1S/C21H17FN2O5/c1-13-10-19(14(2)23(13)17-8-6-16(22)7-9-17)20(25)12-29-21(26)15-4-3-5-18(11-15)24(27)28/h3-11H,12H2,1-2H3.